The van der Waals surface area contributed by atoms with Crippen LogP contribution in [0, 0.1) is 11.3 Å². The molecule has 0 aliphatic rings. The van der Waals surface area contributed by atoms with E-state index in [-0.39, 0.29) is 25.3 Å². The third-order valence-corrected chi connectivity index (χ3v) is 2.67. The van der Waals surface area contributed by atoms with Gasteiger partial charge in [0.05, 0.1) is 26.7 Å². The lowest BCUT2D eigenvalue weighted by atomic mass is 10.2. The quantitative estimate of drug-likeness (QED) is 0.581. The van der Waals surface area contributed by atoms with E-state index in [4.69, 9.17) is 10.00 Å². The number of carbonyl (C=O) groups excluding carboxylic acids is 2. The average molecular weight is 276 g/mol. The number of rotatable bonds is 6. The lowest BCUT2D eigenvalue weighted by Crippen LogP contribution is -2.31. The molecular weight excluding hydrogens is 260 g/mol. The van der Waals surface area contributed by atoms with Gasteiger partial charge in [-0.05, 0) is 12.1 Å². The zero-order valence-electron chi connectivity index (χ0n) is 11.5. The number of nitriles is 1. The van der Waals surface area contributed by atoms with E-state index in [1.165, 1.54) is 19.1 Å². The predicted octanol–water partition coefficient (Wildman–Crippen LogP) is 1.50. The van der Waals surface area contributed by atoms with Gasteiger partial charge in [-0.25, -0.2) is 0 Å². The van der Waals surface area contributed by atoms with Crippen LogP contribution in [0.3, 0.4) is 0 Å². The molecule has 0 unspecified atom stereocenters. The zero-order valence-corrected chi connectivity index (χ0v) is 11.5. The van der Waals surface area contributed by atoms with E-state index in [1.807, 2.05) is 6.07 Å². The number of hydrogen-bond donors (Lipinski definition) is 0. The van der Waals surface area contributed by atoms with Crippen LogP contribution in [0.2, 0.25) is 0 Å². The normalized spacial score (nSPS) is 9.45. The fourth-order valence-electron chi connectivity index (χ4n) is 1.62. The second-order valence-electron chi connectivity index (χ2n) is 3.92. The highest BCUT2D eigenvalue weighted by molar-refractivity contribution is 5.95. The SMILES string of the molecule is COC(=O)CCC(=O)N(CC#N)c1cccc(OC)c1. The minimum atomic E-state index is -0.458. The summed E-state index contributed by atoms with van der Waals surface area (Å²) in [5.41, 5.74) is 0.556. The van der Waals surface area contributed by atoms with Gasteiger partial charge in [0.1, 0.15) is 12.3 Å². The lowest BCUT2D eigenvalue weighted by Gasteiger charge is -2.20. The number of carbonyl (C=O) groups is 2. The maximum Gasteiger partial charge on any atom is 0.306 e. The van der Waals surface area contributed by atoms with Crippen LogP contribution in [0.1, 0.15) is 12.8 Å². The number of benzene rings is 1. The lowest BCUT2D eigenvalue weighted by molar-refractivity contribution is -0.141. The van der Waals surface area contributed by atoms with Crippen molar-refractivity contribution in [3.8, 4) is 11.8 Å². The van der Waals surface area contributed by atoms with Crippen molar-refractivity contribution in [2.24, 2.45) is 0 Å². The summed E-state index contributed by atoms with van der Waals surface area (Å²) >= 11 is 0. The van der Waals surface area contributed by atoms with Gasteiger partial charge >= 0.3 is 5.97 Å². The average Bonchev–Trinajstić information content (AvgIpc) is 2.49. The molecule has 1 aromatic carbocycles. The third-order valence-electron chi connectivity index (χ3n) is 2.67. The Kier molecular flexibility index (Phi) is 6.04. The van der Waals surface area contributed by atoms with Crippen LogP contribution < -0.4 is 9.64 Å². The van der Waals surface area contributed by atoms with E-state index in [1.54, 1.807) is 24.3 Å². The number of nitrogens with zero attached hydrogens (tertiary/aromatic N) is 2. The summed E-state index contributed by atoms with van der Waals surface area (Å²) in [6.07, 6.45) is -0.0210. The van der Waals surface area contributed by atoms with Gasteiger partial charge in [-0.1, -0.05) is 6.07 Å². The molecule has 0 bridgehead atoms. The van der Waals surface area contributed by atoms with Crippen molar-refractivity contribution in [2.75, 3.05) is 25.7 Å². The second kappa shape index (κ2) is 7.79. The van der Waals surface area contributed by atoms with E-state index in [0.29, 0.717) is 11.4 Å². The van der Waals surface area contributed by atoms with Gasteiger partial charge in [0.15, 0.2) is 0 Å². The Balaban J connectivity index is 2.84. The standard InChI is InChI=1S/C14H16N2O4/c1-19-12-5-3-4-11(10-12)16(9-8-15)13(17)6-7-14(18)20-2/h3-5,10H,6-7,9H2,1-2H3. The van der Waals surface area contributed by atoms with Crippen molar-refractivity contribution in [3.05, 3.63) is 24.3 Å². The number of hydrogen-bond acceptors (Lipinski definition) is 5. The number of amides is 1. The monoisotopic (exact) mass is 276 g/mol. The van der Waals surface area contributed by atoms with Crippen molar-refractivity contribution in [1.29, 1.82) is 5.26 Å². The first-order valence-corrected chi connectivity index (χ1v) is 6.00. The highest BCUT2D eigenvalue weighted by atomic mass is 16.5. The van der Waals surface area contributed by atoms with Crippen LogP contribution in [-0.4, -0.2) is 32.6 Å². The third kappa shape index (κ3) is 4.28. The topological polar surface area (TPSA) is 79.6 Å². The largest absolute Gasteiger partial charge is 0.497 e. The smallest absolute Gasteiger partial charge is 0.306 e. The Hall–Kier alpha value is -2.55. The van der Waals surface area contributed by atoms with Crippen LogP contribution in [0.5, 0.6) is 5.75 Å². The van der Waals surface area contributed by atoms with Gasteiger partial charge < -0.3 is 9.47 Å². The number of esters is 1. The Morgan fingerprint density at radius 2 is 2.05 bits per heavy atom. The van der Waals surface area contributed by atoms with E-state index in [2.05, 4.69) is 4.74 Å². The summed E-state index contributed by atoms with van der Waals surface area (Å²) in [7, 11) is 2.79. The van der Waals surface area contributed by atoms with Crippen molar-refractivity contribution < 1.29 is 19.1 Å². The molecule has 0 fully saturated rings. The van der Waals surface area contributed by atoms with Gasteiger partial charge in [-0.15, -0.1) is 0 Å². The summed E-state index contributed by atoms with van der Waals surface area (Å²) < 4.78 is 9.57. The second-order valence-corrected chi connectivity index (χ2v) is 3.92. The molecule has 0 heterocycles. The Labute approximate surface area is 117 Å². The first kappa shape index (κ1) is 15.5. The molecule has 6 nitrogen and oxygen atoms in total. The molecule has 1 rings (SSSR count). The summed E-state index contributed by atoms with van der Waals surface area (Å²) in [4.78, 5) is 24.4. The van der Waals surface area contributed by atoms with Crippen molar-refractivity contribution >= 4 is 17.6 Å². The molecule has 0 spiro atoms. The maximum absolute atomic E-state index is 12.1. The highest BCUT2D eigenvalue weighted by Gasteiger charge is 2.17. The number of anilines is 1. The van der Waals surface area contributed by atoms with Crippen molar-refractivity contribution in [1.82, 2.24) is 0 Å². The molecule has 0 radical (unpaired) electrons. The van der Waals surface area contributed by atoms with Crippen LogP contribution >= 0.6 is 0 Å². The molecule has 0 N–H and O–H groups in total. The molecule has 0 aliphatic carbocycles. The van der Waals surface area contributed by atoms with Gasteiger partial charge in [0.2, 0.25) is 5.91 Å². The van der Waals surface area contributed by atoms with Crippen LogP contribution in [0.15, 0.2) is 24.3 Å². The fourth-order valence-corrected chi connectivity index (χ4v) is 1.62. The summed E-state index contributed by atoms with van der Waals surface area (Å²) in [5, 5.41) is 8.83. The van der Waals surface area contributed by atoms with Gasteiger partial charge in [-0.3, -0.25) is 14.5 Å². The molecule has 1 aromatic rings. The Morgan fingerprint density at radius 3 is 2.65 bits per heavy atom. The highest BCUT2D eigenvalue weighted by Crippen LogP contribution is 2.21. The maximum atomic E-state index is 12.1. The summed E-state index contributed by atoms with van der Waals surface area (Å²) in [6.45, 7) is -0.0901. The van der Waals surface area contributed by atoms with E-state index in [9.17, 15) is 9.59 Å². The number of methoxy groups -OCH3 is 2. The van der Waals surface area contributed by atoms with Crippen molar-refractivity contribution in [3.63, 3.8) is 0 Å². The van der Waals surface area contributed by atoms with Gasteiger partial charge in [-0.2, -0.15) is 5.26 Å². The minimum absolute atomic E-state index is 0.00837. The molecule has 6 heteroatoms. The molecule has 20 heavy (non-hydrogen) atoms. The molecule has 0 saturated heterocycles. The molecule has 0 atom stereocenters. The van der Waals surface area contributed by atoms with Crippen LogP contribution in [0.4, 0.5) is 5.69 Å². The zero-order chi connectivity index (χ0) is 15.0. The van der Waals surface area contributed by atoms with Gasteiger partial charge in [0.25, 0.3) is 0 Å². The molecule has 0 saturated carbocycles. The number of ether oxygens (including phenoxy) is 2. The van der Waals surface area contributed by atoms with Crippen LogP contribution in [0.25, 0.3) is 0 Å². The summed E-state index contributed by atoms with van der Waals surface area (Å²) in [6, 6.07) is 8.77. The summed E-state index contributed by atoms with van der Waals surface area (Å²) in [5.74, 6) is -0.183. The van der Waals surface area contributed by atoms with Crippen LogP contribution in [-0.2, 0) is 14.3 Å². The Morgan fingerprint density at radius 1 is 1.30 bits per heavy atom. The first-order chi connectivity index (χ1) is 9.62. The first-order valence-electron chi connectivity index (χ1n) is 6.00. The molecule has 106 valence electrons. The molecule has 0 aliphatic heterocycles. The van der Waals surface area contributed by atoms with E-state index in [0.717, 1.165) is 0 Å². The Bertz CT molecular complexity index is 522. The van der Waals surface area contributed by atoms with E-state index < -0.39 is 5.97 Å². The van der Waals surface area contributed by atoms with Crippen molar-refractivity contribution in [2.45, 2.75) is 12.8 Å². The molecule has 1 amide bonds. The fraction of sp³-hybridized carbons (Fsp3) is 0.357. The van der Waals surface area contributed by atoms with Gasteiger partial charge in [0, 0.05) is 18.2 Å². The van der Waals surface area contributed by atoms with E-state index >= 15 is 0 Å². The molecular formula is C14H16N2O4. The predicted molar refractivity (Wildman–Crippen MR) is 72.2 cm³/mol. The minimum Gasteiger partial charge on any atom is -0.497 e. The molecule has 0 aromatic heterocycles.